The lowest BCUT2D eigenvalue weighted by atomic mass is 9.97. The first-order chi connectivity index (χ1) is 8.61. The first-order valence-corrected chi connectivity index (χ1v) is 6.29. The lowest BCUT2D eigenvalue weighted by molar-refractivity contribution is 0.0643. The summed E-state index contributed by atoms with van der Waals surface area (Å²) in [5.41, 5.74) is 0. The van der Waals surface area contributed by atoms with Gasteiger partial charge in [0.05, 0.1) is 6.04 Å². The molecule has 5 heteroatoms. The predicted octanol–water partition coefficient (Wildman–Crippen LogP) is 1.74. The maximum Gasteiger partial charge on any atom is 0.371 e. The van der Waals surface area contributed by atoms with Crippen LogP contribution in [0.4, 0.5) is 0 Å². The molecular weight excluding hydrogens is 234 g/mol. The number of hydrogen-bond acceptors (Lipinski definition) is 4. The highest BCUT2D eigenvalue weighted by Crippen LogP contribution is 2.27. The largest absolute Gasteiger partial charge is 0.475 e. The van der Waals surface area contributed by atoms with Gasteiger partial charge in [0.1, 0.15) is 5.76 Å². The number of aliphatic hydroxyl groups excluding tert-OH is 1. The summed E-state index contributed by atoms with van der Waals surface area (Å²) in [7, 11) is 0. The molecule has 2 rings (SSSR count). The van der Waals surface area contributed by atoms with E-state index in [4.69, 9.17) is 9.52 Å². The van der Waals surface area contributed by atoms with E-state index >= 15 is 0 Å². The second kappa shape index (κ2) is 5.54. The lowest BCUT2D eigenvalue weighted by Gasteiger charge is -2.35. The van der Waals surface area contributed by atoms with Crippen LogP contribution in [0.25, 0.3) is 0 Å². The van der Waals surface area contributed by atoms with Crippen molar-refractivity contribution in [1.82, 2.24) is 4.90 Å². The van der Waals surface area contributed by atoms with Crippen molar-refractivity contribution in [2.45, 2.75) is 25.8 Å². The summed E-state index contributed by atoms with van der Waals surface area (Å²) in [6.45, 7) is 4.01. The first kappa shape index (κ1) is 13.1. The van der Waals surface area contributed by atoms with E-state index in [9.17, 15) is 9.90 Å². The molecule has 18 heavy (non-hydrogen) atoms. The predicted molar refractivity (Wildman–Crippen MR) is 65.5 cm³/mol. The lowest BCUT2D eigenvalue weighted by Crippen LogP contribution is -2.38. The summed E-state index contributed by atoms with van der Waals surface area (Å²) < 4.78 is 5.33. The van der Waals surface area contributed by atoms with Crippen LogP contribution < -0.4 is 0 Å². The van der Waals surface area contributed by atoms with Gasteiger partial charge in [-0.25, -0.2) is 4.79 Å². The molecule has 1 aliphatic heterocycles. The van der Waals surface area contributed by atoms with Crippen molar-refractivity contribution in [1.29, 1.82) is 0 Å². The van der Waals surface area contributed by atoms with Gasteiger partial charge in [0.25, 0.3) is 0 Å². The fraction of sp³-hybridized carbons (Fsp3) is 0.615. The van der Waals surface area contributed by atoms with Crippen molar-refractivity contribution in [3.05, 3.63) is 23.7 Å². The zero-order chi connectivity index (χ0) is 13.1. The summed E-state index contributed by atoms with van der Waals surface area (Å²) in [5, 5.41) is 18.0. The highest BCUT2D eigenvalue weighted by Gasteiger charge is 2.26. The van der Waals surface area contributed by atoms with Gasteiger partial charge in [-0.15, -0.1) is 0 Å². The second-order valence-electron chi connectivity index (χ2n) is 4.87. The van der Waals surface area contributed by atoms with Gasteiger partial charge in [-0.3, -0.25) is 4.90 Å². The highest BCUT2D eigenvalue weighted by atomic mass is 16.4. The third-order valence-electron chi connectivity index (χ3n) is 3.61. The fourth-order valence-corrected chi connectivity index (χ4v) is 2.47. The minimum Gasteiger partial charge on any atom is -0.475 e. The molecule has 0 saturated carbocycles. The first-order valence-electron chi connectivity index (χ1n) is 6.29. The summed E-state index contributed by atoms with van der Waals surface area (Å²) in [6, 6.07) is 3.26. The molecule has 1 aromatic rings. The number of nitrogens with zero attached hydrogens (tertiary/aromatic N) is 1. The summed E-state index contributed by atoms with van der Waals surface area (Å²) in [4.78, 5) is 13.0. The third-order valence-corrected chi connectivity index (χ3v) is 3.61. The Labute approximate surface area is 106 Å². The Morgan fingerprint density at radius 2 is 2.39 bits per heavy atom. The van der Waals surface area contributed by atoms with Crippen LogP contribution in [-0.4, -0.2) is 40.8 Å². The van der Waals surface area contributed by atoms with Crippen LogP contribution in [-0.2, 0) is 0 Å². The molecule has 2 unspecified atom stereocenters. The average Bonchev–Trinajstić information content (AvgIpc) is 2.87. The van der Waals surface area contributed by atoms with Crippen molar-refractivity contribution in [2.75, 3.05) is 19.7 Å². The Kier molecular flexibility index (Phi) is 4.04. The van der Waals surface area contributed by atoms with Crippen molar-refractivity contribution in [2.24, 2.45) is 5.92 Å². The minimum absolute atomic E-state index is 0.0208. The Morgan fingerprint density at radius 3 is 3.00 bits per heavy atom. The van der Waals surface area contributed by atoms with Gasteiger partial charge in [-0.1, -0.05) is 0 Å². The number of carbonyl (C=O) groups is 1. The highest BCUT2D eigenvalue weighted by molar-refractivity contribution is 5.84. The summed E-state index contributed by atoms with van der Waals surface area (Å²) in [5.74, 6) is -0.0750. The number of hydrogen-bond donors (Lipinski definition) is 2. The Morgan fingerprint density at radius 1 is 1.61 bits per heavy atom. The van der Waals surface area contributed by atoms with E-state index in [-0.39, 0.29) is 18.4 Å². The topological polar surface area (TPSA) is 73.9 Å². The quantitative estimate of drug-likeness (QED) is 0.855. The Bertz CT molecular complexity index is 415. The Balaban J connectivity index is 2.05. The average molecular weight is 253 g/mol. The van der Waals surface area contributed by atoms with Crippen LogP contribution in [0.15, 0.2) is 16.5 Å². The van der Waals surface area contributed by atoms with E-state index in [1.54, 1.807) is 6.07 Å². The molecular formula is C13H19NO4. The number of likely N-dealkylation sites (tertiary alicyclic amines) is 1. The Hall–Kier alpha value is -1.33. The van der Waals surface area contributed by atoms with E-state index in [0.29, 0.717) is 11.7 Å². The molecule has 2 atom stereocenters. The number of aliphatic hydroxyl groups is 1. The normalized spacial score (nSPS) is 22.9. The number of aromatic carboxylic acids is 1. The molecule has 0 aromatic carbocycles. The van der Waals surface area contributed by atoms with Crippen LogP contribution >= 0.6 is 0 Å². The summed E-state index contributed by atoms with van der Waals surface area (Å²) in [6.07, 6.45) is 2.11. The van der Waals surface area contributed by atoms with Gasteiger partial charge in [-0.2, -0.15) is 0 Å². The van der Waals surface area contributed by atoms with E-state index in [1.807, 2.05) is 6.92 Å². The number of furan rings is 1. The molecule has 0 amide bonds. The number of piperidine rings is 1. The van der Waals surface area contributed by atoms with Gasteiger partial charge in [0.2, 0.25) is 5.76 Å². The standard InChI is InChI=1S/C13H19NO4/c1-9(11-4-5-12(18-11)13(16)17)14-6-2-3-10(7-14)8-15/h4-5,9-10,15H,2-3,6-8H2,1H3,(H,16,17). The smallest absolute Gasteiger partial charge is 0.371 e. The fourth-order valence-electron chi connectivity index (χ4n) is 2.47. The molecule has 0 bridgehead atoms. The third kappa shape index (κ3) is 2.73. The molecule has 0 aliphatic carbocycles. The van der Waals surface area contributed by atoms with E-state index < -0.39 is 5.97 Å². The zero-order valence-corrected chi connectivity index (χ0v) is 10.5. The zero-order valence-electron chi connectivity index (χ0n) is 10.5. The summed E-state index contributed by atoms with van der Waals surface area (Å²) >= 11 is 0. The monoisotopic (exact) mass is 253 g/mol. The number of carboxylic acid groups (broad SMARTS) is 1. The molecule has 2 heterocycles. The van der Waals surface area contributed by atoms with Gasteiger partial charge in [0, 0.05) is 13.2 Å². The molecule has 0 spiro atoms. The van der Waals surface area contributed by atoms with Crippen LogP contribution in [0.5, 0.6) is 0 Å². The molecule has 5 nitrogen and oxygen atoms in total. The van der Waals surface area contributed by atoms with Crippen molar-refractivity contribution in [3.63, 3.8) is 0 Å². The van der Waals surface area contributed by atoms with E-state index in [0.717, 1.165) is 25.9 Å². The SMILES string of the molecule is CC(c1ccc(C(=O)O)o1)N1CCCC(CO)C1. The number of rotatable bonds is 4. The molecule has 1 aromatic heterocycles. The van der Waals surface area contributed by atoms with Crippen LogP contribution in [0.3, 0.4) is 0 Å². The van der Waals surface area contributed by atoms with Crippen LogP contribution in [0, 0.1) is 5.92 Å². The van der Waals surface area contributed by atoms with Crippen LogP contribution in [0.2, 0.25) is 0 Å². The molecule has 1 fully saturated rings. The van der Waals surface area contributed by atoms with Crippen molar-refractivity contribution in [3.8, 4) is 0 Å². The molecule has 100 valence electrons. The van der Waals surface area contributed by atoms with E-state index in [1.165, 1.54) is 6.07 Å². The van der Waals surface area contributed by atoms with Gasteiger partial charge < -0.3 is 14.6 Å². The van der Waals surface area contributed by atoms with Crippen LogP contribution in [0.1, 0.15) is 42.1 Å². The van der Waals surface area contributed by atoms with Crippen molar-refractivity contribution < 1.29 is 19.4 Å². The number of carboxylic acids is 1. The van der Waals surface area contributed by atoms with Gasteiger partial charge in [-0.05, 0) is 44.4 Å². The van der Waals surface area contributed by atoms with Gasteiger partial charge in [0.15, 0.2) is 0 Å². The van der Waals surface area contributed by atoms with Crippen molar-refractivity contribution >= 4 is 5.97 Å². The second-order valence-corrected chi connectivity index (χ2v) is 4.87. The maximum absolute atomic E-state index is 10.8. The minimum atomic E-state index is -1.04. The molecule has 0 radical (unpaired) electrons. The molecule has 1 saturated heterocycles. The van der Waals surface area contributed by atoms with Gasteiger partial charge >= 0.3 is 5.97 Å². The maximum atomic E-state index is 10.8. The molecule has 2 N–H and O–H groups in total. The van der Waals surface area contributed by atoms with E-state index in [2.05, 4.69) is 4.90 Å². The molecule has 1 aliphatic rings.